The largest absolute Gasteiger partial charge is 0.356 e. The van der Waals surface area contributed by atoms with Crippen LogP contribution in [0.3, 0.4) is 0 Å². The van der Waals surface area contributed by atoms with Crippen LogP contribution in [0.1, 0.15) is 12.8 Å². The maximum absolute atomic E-state index is 5.80. The lowest BCUT2D eigenvalue weighted by molar-refractivity contribution is -0.169. The number of para-hydroxylation sites is 1. The number of benzene rings is 1. The van der Waals surface area contributed by atoms with E-state index in [2.05, 4.69) is 31.9 Å². The van der Waals surface area contributed by atoms with Crippen molar-refractivity contribution in [2.75, 3.05) is 43.2 Å². The van der Waals surface area contributed by atoms with Crippen molar-refractivity contribution >= 4 is 17.3 Å². The Morgan fingerprint density at radius 2 is 1.75 bits per heavy atom. The zero-order valence-electron chi connectivity index (χ0n) is 13.9. The second-order valence-electron chi connectivity index (χ2n) is 6.22. The normalized spacial score (nSPS) is 19.6. The molecule has 2 aliphatic heterocycles. The zero-order valence-corrected chi connectivity index (χ0v) is 13.9. The highest BCUT2D eigenvalue weighted by Crippen LogP contribution is 2.33. The molecule has 0 radical (unpaired) electrons. The molecule has 2 aliphatic rings. The molecule has 3 heterocycles. The van der Waals surface area contributed by atoms with Crippen LogP contribution in [0.25, 0.3) is 0 Å². The van der Waals surface area contributed by atoms with E-state index in [9.17, 15) is 0 Å². The van der Waals surface area contributed by atoms with Crippen LogP contribution in [0, 0.1) is 0 Å². The Balaban J connectivity index is 1.49. The molecule has 1 aromatic heterocycles. The van der Waals surface area contributed by atoms with Gasteiger partial charge in [0, 0.05) is 44.7 Å². The van der Waals surface area contributed by atoms with E-state index in [-0.39, 0.29) is 5.79 Å². The summed E-state index contributed by atoms with van der Waals surface area (Å²) < 4.78 is 11.6. The molecule has 0 bridgehead atoms. The molecule has 2 fully saturated rings. The highest BCUT2D eigenvalue weighted by atomic mass is 16.7. The lowest BCUT2D eigenvalue weighted by atomic mass is 10.0. The van der Waals surface area contributed by atoms with Crippen molar-refractivity contribution in [1.29, 1.82) is 0 Å². The van der Waals surface area contributed by atoms with Crippen LogP contribution in [-0.4, -0.2) is 49.1 Å². The number of nitrogens with zero attached hydrogens (tertiary/aromatic N) is 4. The number of hydrogen-bond donors (Lipinski definition) is 0. The van der Waals surface area contributed by atoms with Crippen LogP contribution >= 0.6 is 0 Å². The van der Waals surface area contributed by atoms with Gasteiger partial charge in [0.25, 0.3) is 0 Å². The number of hydrogen-bond acceptors (Lipinski definition) is 6. The predicted octanol–water partition coefficient (Wildman–Crippen LogP) is 2.59. The van der Waals surface area contributed by atoms with Gasteiger partial charge in [0.15, 0.2) is 5.79 Å². The average molecular weight is 326 g/mol. The fourth-order valence-corrected chi connectivity index (χ4v) is 3.34. The van der Waals surface area contributed by atoms with Gasteiger partial charge in [-0.25, -0.2) is 9.97 Å². The molecule has 0 saturated carbocycles. The minimum atomic E-state index is -0.354. The SMILES string of the molecule is CN(c1ccccc1)c1cc(N2CCC3(CC2)OCCO3)ncn1. The van der Waals surface area contributed by atoms with E-state index in [1.165, 1.54) is 0 Å². The van der Waals surface area contributed by atoms with Crippen LogP contribution in [0.2, 0.25) is 0 Å². The van der Waals surface area contributed by atoms with Crippen molar-refractivity contribution in [3.05, 3.63) is 42.7 Å². The Bertz CT molecular complexity index is 678. The maximum atomic E-state index is 5.80. The Hall–Kier alpha value is -2.18. The van der Waals surface area contributed by atoms with Gasteiger partial charge in [0.05, 0.1) is 13.2 Å². The minimum absolute atomic E-state index is 0.354. The van der Waals surface area contributed by atoms with Gasteiger partial charge in [-0.1, -0.05) is 18.2 Å². The fraction of sp³-hybridized carbons (Fsp3) is 0.444. The number of rotatable bonds is 3. The molecule has 6 nitrogen and oxygen atoms in total. The van der Waals surface area contributed by atoms with Crippen molar-refractivity contribution in [3.8, 4) is 0 Å². The molecule has 126 valence electrons. The fourth-order valence-electron chi connectivity index (χ4n) is 3.34. The Labute approximate surface area is 142 Å². The summed E-state index contributed by atoms with van der Waals surface area (Å²) in [5.74, 6) is 1.49. The van der Waals surface area contributed by atoms with Crippen LogP contribution < -0.4 is 9.80 Å². The number of piperidine rings is 1. The molecule has 2 saturated heterocycles. The van der Waals surface area contributed by atoms with E-state index >= 15 is 0 Å². The topological polar surface area (TPSA) is 50.7 Å². The first-order valence-electron chi connectivity index (χ1n) is 8.39. The summed E-state index contributed by atoms with van der Waals surface area (Å²) in [5.41, 5.74) is 1.10. The maximum Gasteiger partial charge on any atom is 0.171 e. The van der Waals surface area contributed by atoms with E-state index in [4.69, 9.17) is 9.47 Å². The summed E-state index contributed by atoms with van der Waals surface area (Å²) in [5, 5.41) is 0. The van der Waals surface area contributed by atoms with E-state index in [1.54, 1.807) is 6.33 Å². The van der Waals surface area contributed by atoms with E-state index < -0.39 is 0 Å². The Morgan fingerprint density at radius 3 is 2.46 bits per heavy atom. The van der Waals surface area contributed by atoms with E-state index in [0.717, 1.165) is 43.3 Å². The van der Waals surface area contributed by atoms with Crippen molar-refractivity contribution in [1.82, 2.24) is 9.97 Å². The highest BCUT2D eigenvalue weighted by Gasteiger charge is 2.40. The molecule has 1 aromatic carbocycles. The number of anilines is 3. The molecule has 0 aliphatic carbocycles. The lowest BCUT2D eigenvalue weighted by Gasteiger charge is -2.38. The van der Waals surface area contributed by atoms with Gasteiger partial charge < -0.3 is 19.3 Å². The molecule has 0 amide bonds. The first kappa shape index (κ1) is 15.4. The second-order valence-corrected chi connectivity index (χ2v) is 6.22. The first-order valence-corrected chi connectivity index (χ1v) is 8.39. The average Bonchev–Trinajstić information content (AvgIpc) is 3.10. The summed E-state index contributed by atoms with van der Waals surface area (Å²) in [7, 11) is 2.02. The third-order valence-corrected chi connectivity index (χ3v) is 4.79. The summed E-state index contributed by atoms with van der Waals surface area (Å²) in [6.07, 6.45) is 3.39. The monoisotopic (exact) mass is 326 g/mol. The van der Waals surface area contributed by atoms with Crippen molar-refractivity contribution in [2.24, 2.45) is 0 Å². The smallest absolute Gasteiger partial charge is 0.171 e. The quantitative estimate of drug-likeness (QED) is 0.864. The molecule has 0 N–H and O–H groups in total. The Morgan fingerprint density at radius 1 is 1.04 bits per heavy atom. The van der Waals surface area contributed by atoms with Gasteiger partial charge in [-0.05, 0) is 12.1 Å². The van der Waals surface area contributed by atoms with Gasteiger partial charge in [0.1, 0.15) is 18.0 Å². The third-order valence-electron chi connectivity index (χ3n) is 4.79. The standard InChI is InChI=1S/C18H22N4O2/c1-21(15-5-3-2-4-6-15)16-13-17(20-14-19-16)22-9-7-18(8-10-22)23-11-12-24-18/h2-6,13-14H,7-12H2,1H3. The van der Waals surface area contributed by atoms with Gasteiger partial charge in [0.2, 0.25) is 0 Å². The number of ether oxygens (including phenoxy) is 2. The predicted molar refractivity (Wildman–Crippen MR) is 92.6 cm³/mol. The van der Waals surface area contributed by atoms with Gasteiger partial charge in [-0.2, -0.15) is 0 Å². The second kappa shape index (κ2) is 6.37. The summed E-state index contributed by atoms with van der Waals surface area (Å²) >= 11 is 0. The van der Waals surface area contributed by atoms with Crippen LogP contribution in [0.5, 0.6) is 0 Å². The van der Waals surface area contributed by atoms with Gasteiger partial charge in [-0.15, -0.1) is 0 Å². The van der Waals surface area contributed by atoms with Gasteiger partial charge >= 0.3 is 0 Å². The summed E-state index contributed by atoms with van der Waals surface area (Å²) in [4.78, 5) is 13.2. The molecular formula is C18H22N4O2. The van der Waals surface area contributed by atoms with Crippen LogP contribution in [-0.2, 0) is 9.47 Å². The highest BCUT2D eigenvalue weighted by molar-refractivity contribution is 5.61. The first-order chi connectivity index (χ1) is 11.8. The van der Waals surface area contributed by atoms with E-state index in [1.807, 2.05) is 31.3 Å². The Kier molecular flexibility index (Phi) is 4.08. The van der Waals surface area contributed by atoms with Crippen molar-refractivity contribution < 1.29 is 9.47 Å². The summed E-state index contributed by atoms with van der Waals surface area (Å²) in [6.45, 7) is 3.18. The van der Waals surface area contributed by atoms with Crippen molar-refractivity contribution in [3.63, 3.8) is 0 Å². The zero-order chi connectivity index (χ0) is 16.4. The molecule has 4 rings (SSSR count). The molecule has 2 aromatic rings. The number of aromatic nitrogens is 2. The molecule has 1 spiro atoms. The molecule has 24 heavy (non-hydrogen) atoms. The lowest BCUT2D eigenvalue weighted by Crippen LogP contribution is -2.45. The van der Waals surface area contributed by atoms with Crippen LogP contribution in [0.15, 0.2) is 42.7 Å². The summed E-state index contributed by atoms with van der Waals surface area (Å²) in [6, 6.07) is 12.3. The molecule has 0 atom stereocenters. The molecule has 0 unspecified atom stereocenters. The van der Waals surface area contributed by atoms with E-state index in [0.29, 0.717) is 13.2 Å². The minimum Gasteiger partial charge on any atom is -0.356 e. The third kappa shape index (κ3) is 2.95. The van der Waals surface area contributed by atoms with Gasteiger partial charge in [-0.3, -0.25) is 0 Å². The molecule has 6 heteroatoms. The van der Waals surface area contributed by atoms with Crippen LogP contribution in [0.4, 0.5) is 17.3 Å². The van der Waals surface area contributed by atoms with Crippen molar-refractivity contribution in [2.45, 2.75) is 18.6 Å². The molecular weight excluding hydrogens is 304 g/mol.